The van der Waals surface area contributed by atoms with Crippen molar-refractivity contribution in [3.05, 3.63) is 65.7 Å². The number of rotatable bonds is 6. The highest BCUT2D eigenvalue weighted by molar-refractivity contribution is 5.84. The Balaban J connectivity index is 1.40. The van der Waals surface area contributed by atoms with Crippen LogP contribution in [0.5, 0.6) is 5.75 Å². The number of benzene rings is 2. The third-order valence-corrected chi connectivity index (χ3v) is 5.80. The fourth-order valence-electron chi connectivity index (χ4n) is 4.37. The molecule has 4 rings (SSSR count). The summed E-state index contributed by atoms with van der Waals surface area (Å²) in [6.45, 7) is 4.50. The largest absolute Gasteiger partial charge is 0.489 e. The van der Waals surface area contributed by atoms with Crippen LogP contribution < -0.4 is 15.4 Å². The second-order valence-corrected chi connectivity index (χ2v) is 7.75. The van der Waals surface area contributed by atoms with Gasteiger partial charge in [-0.2, -0.15) is 0 Å². The van der Waals surface area contributed by atoms with Gasteiger partial charge in [-0.05, 0) is 18.7 Å². The van der Waals surface area contributed by atoms with Crippen LogP contribution in [0.2, 0.25) is 0 Å². The maximum absolute atomic E-state index is 13.0. The Bertz CT molecular complexity index is 795. The van der Waals surface area contributed by atoms with Crippen molar-refractivity contribution in [2.75, 3.05) is 33.2 Å². The number of amides is 1. The molecule has 5 nitrogen and oxygen atoms in total. The predicted molar refractivity (Wildman–Crippen MR) is 105 cm³/mol. The van der Waals surface area contributed by atoms with Crippen LogP contribution in [0.25, 0.3) is 0 Å². The van der Waals surface area contributed by atoms with Gasteiger partial charge in [0.2, 0.25) is 5.91 Å². The van der Waals surface area contributed by atoms with Gasteiger partial charge in [-0.15, -0.1) is 0 Å². The number of fused-ring (bicyclic) bond motifs is 1. The van der Waals surface area contributed by atoms with E-state index in [-0.39, 0.29) is 11.3 Å². The number of hydrogen-bond donors (Lipinski definition) is 2. The minimum absolute atomic E-state index is 0.153. The normalized spacial score (nSPS) is 24.6. The lowest BCUT2D eigenvalue weighted by molar-refractivity contribution is -0.130. The monoisotopic (exact) mass is 365 g/mol. The Kier molecular flexibility index (Phi) is 5.14. The van der Waals surface area contributed by atoms with Gasteiger partial charge >= 0.3 is 0 Å². The van der Waals surface area contributed by atoms with E-state index in [1.165, 1.54) is 0 Å². The van der Waals surface area contributed by atoms with Crippen LogP contribution in [0.1, 0.15) is 11.1 Å². The molecule has 1 amide bonds. The second kappa shape index (κ2) is 7.71. The number of likely N-dealkylation sites (tertiary alicyclic amines) is 1. The Morgan fingerprint density at radius 1 is 1.22 bits per heavy atom. The zero-order valence-corrected chi connectivity index (χ0v) is 15.8. The number of para-hydroxylation sites is 1. The highest BCUT2D eigenvalue weighted by Gasteiger charge is 2.53. The van der Waals surface area contributed by atoms with Crippen LogP contribution in [0.3, 0.4) is 0 Å². The van der Waals surface area contributed by atoms with Crippen molar-refractivity contribution in [3.8, 4) is 5.75 Å². The van der Waals surface area contributed by atoms with Gasteiger partial charge < -0.3 is 20.3 Å². The molecule has 2 aliphatic rings. The maximum Gasteiger partial charge on any atom is 0.229 e. The summed E-state index contributed by atoms with van der Waals surface area (Å²) < 4.78 is 6.01. The van der Waals surface area contributed by atoms with Crippen molar-refractivity contribution in [1.82, 2.24) is 15.5 Å². The third kappa shape index (κ3) is 3.70. The van der Waals surface area contributed by atoms with E-state index in [9.17, 15) is 4.79 Å². The molecule has 0 saturated carbocycles. The number of carbonyl (C=O) groups is 1. The van der Waals surface area contributed by atoms with Crippen molar-refractivity contribution in [2.45, 2.75) is 13.2 Å². The van der Waals surface area contributed by atoms with Crippen molar-refractivity contribution in [1.29, 1.82) is 0 Å². The fourth-order valence-corrected chi connectivity index (χ4v) is 4.37. The number of nitrogens with one attached hydrogen (secondary N) is 2. The summed E-state index contributed by atoms with van der Waals surface area (Å²) in [6, 6.07) is 18.0. The van der Waals surface area contributed by atoms with E-state index in [0.29, 0.717) is 19.1 Å². The van der Waals surface area contributed by atoms with Gasteiger partial charge in [0.15, 0.2) is 0 Å². The summed E-state index contributed by atoms with van der Waals surface area (Å²) in [5.41, 5.74) is 1.84. The summed E-state index contributed by atoms with van der Waals surface area (Å²) in [7, 11) is 2.10. The lowest BCUT2D eigenvalue weighted by Crippen LogP contribution is -2.46. The summed E-state index contributed by atoms with van der Waals surface area (Å²) >= 11 is 0. The molecule has 2 aromatic carbocycles. The van der Waals surface area contributed by atoms with Gasteiger partial charge in [0.1, 0.15) is 12.4 Å². The molecular formula is C22H27N3O2. The van der Waals surface area contributed by atoms with E-state index in [1.54, 1.807) is 0 Å². The molecule has 2 aromatic rings. The molecular weight excluding hydrogens is 338 g/mol. The Labute approximate surface area is 160 Å². The van der Waals surface area contributed by atoms with Crippen molar-refractivity contribution >= 4 is 5.91 Å². The summed E-state index contributed by atoms with van der Waals surface area (Å²) in [5.74, 6) is 1.37. The van der Waals surface area contributed by atoms with Crippen LogP contribution in [0, 0.1) is 11.3 Å². The Hall–Kier alpha value is -2.37. The number of nitrogens with zero attached hydrogens (tertiary/aromatic N) is 1. The Morgan fingerprint density at radius 2 is 2.00 bits per heavy atom. The van der Waals surface area contributed by atoms with Gasteiger partial charge in [0.25, 0.3) is 0 Å². The molecule has 0 radical (unpaired) electrons. The van der Waals surface area contributed by atoms with Gasteiger partial charge in [-0.1, -0.05) is 48.5 Å². The molecule has 2 aliphatic heterocycles. The fraction of sp³-hybridized carbons (Fsp3) is 0.409. The minimum Gasteiger partial charge on any atom is -0.489 e. The van der Waals surface area contributed by atoms with Gasteiger partial charge in [-0.3, -0.25) is 4.79 Å². The first-order chi connectivity index (χ1) is 13.2. The SMILES string of the molecule is CN1CC2CNCC2(C(=O)NCc2ccccc2OCc2ccccc2)C1. The lowest BCUT2D eigenvalue weighted by Gasteiger charge is -2.26. The number of ether oxygens (including phenoxy) is 1. The summed E-state index contributed by atoms with van der Waals surface area (Å²) in [5, 5.41) is 6.58. The molecule has 2 saturated heterocycles. The molecule has 27 heavy (non-hydrogen) atoms. The van der Waals surface area contributed by atoms with Crippen LogP contribution in [0.15, 0.2) is 54.6 Å². The Morgan fingerprint density at radius 3 is 2.85 bits per heavy atom. The smallest absolute Gasteiger partial charge is 0.229 e. The van der Waals surface area contributed by atoms with E-state index < -0.39 is 0 Å². The average molecular weight is 365 g/mol. The van der Waals surface area contributed by atoms with Crippen LogP contribution in [-0.2, 0) is 17.9 Å². The molecule has 0 aliphatic carbocycles. The molecule has 0 spiro atoms. The average Bonchev–Trinajstić information content (AvgIpc) is 3.23. The van der Waals surface area contributed by atoms with Crippen molar-refractivity contribution in [3.63, 3.8) is 0 Å². The van der Waals surface area contributed by atoms with Crippen LogP contribution in [0.4, 0.5) is 0 Å². The molecule has 2 unspecified atom stereocenters. The molecule has 142 valence electrons. The molecule has 2 atom stereocenters. The summed E-state index contributed by atoms with van der Waals surface area (Å²) in [4.78, 5) is 15.3. The van der Waals surface area contributed by atoms with Crippen molar-refractivity contribution < 1.29 is 9.53 Å². The topological polar surface area (TPSA) is 53.6 Å². The quantitative estimate of drug-likeness (QED) is 0.823. The van der Waals surface area contributed by atoms with Crippen molar-refractivity contribution in [2.24, 2.45) is 11.3 Å². The summed E-state index contributed by atoms with van der Waals surface area (Å²) in [6.07, 6.45) is 0. The second-order valence-electron chi connectivity index (χ2n) is 7.75. The molecule has 0 aromatic heterocycles. The van der Waals surface area contributed by atoms with E-state index in [1.807, 2.05) is 54.6 Å². The molecule has 2 fully saturated rings. The molecule has 2 heterocycles. The van der Waals surface area contributed by atoms with Gasteiger partial charge in [-0.25, -0.2) is 0 Å². The van der Waals surface area contributed by atoms with Gasteiger partial charge in [0.05, 0.1) is 5.41 Å². The zero-order valence-electron chi connectivity index (χ0n) is 15.8. The van der Waals surface area contributed by atoms with E-state index in [0.717, 1.165) is 43.1 Å². The predicted octanol–water partition coefficient (Wildman–Crippen LogP) is 2.03. The van der Waals surface area contributed by atoms with E-state index in [2.05, 4.69) is 22.6 Å². The highest BCUT2D eigenvalue weighted by atomic mass is 16.5. The standard InChI is InChI=1S/C22H27N3O2/c1-25-13-19-12-23-15-22(19,16-25)21(26)24-11-18-9-5-6-10-20(18)27-14-17-7-3-2-4-8-17/h2-10,19,23H,11-16H2,1H3,(H,24,26). The first-order valence-corrected chi connectivity index (χ1v) is 9.59. The number of carbonyl (C=O) groups excluding carboxylic acids is 1. The first-order valence-electron chi connectivity index (χ1n) is 9.59. The maximum atomic E-state index is 13.0. The first kappa shape index (κ1) is 18.0. The van der Waals surface area contributed by atoms with E-state index in [4.69, 9.17) is 4.74 Å². The highest BCUT2D eigenvalue weighted by Crippen LogP contribution is 2.38. The molecule has 0 bridgehead atoms. The third-order valence-electron chi connectivity index (χ3n) is 5.80. The molecule has 2 N–H and O–H groups in total. The number of hydrogen-bond acceptors (Lipinski definition) is 4. The van der Waals surface area contributed by atoms with Crippen LogP contribution in [-0.4, -0.2) is 44.0 Å². The lowest BCUT2D eigenvalue weighted by atomic mass is 9.80. The van der Waals surface area contributed by atoms with Gasteiger partial charge in [0, 0.05) is 44.2 Å². The minimum atomic E-state index is -0.297. The van der Waals surface area contributed by atoms with Crippen LogP contribution >= 0.6 is 0 Å². The van der Waals surface area contributed by atoms with E-state index >= 15 is 0 Å². The molecule has 5 heteroatoms. The zero-order chi connectivity index (χ0) is 18.7.